The number of carboxylic acids is 1. The second-order valence-corrected chi connectivity index (χ2v) is 7.73. The maximum atomic E-state index is 12.2. The molecule has 0 radical (unpaired) electrons. The van der Waals surface area contributed by atoms with Crippen LogP contribution < -0.4 is 4.74 Å². The average Bonchev–Trinajstić information content (AvgIpc) is 3.38. The monoisotopic (exact) mass is 405 g/mol. The minimum atomic E-state index is -0.848. The number of aromatic amines is 1. The zero-order chi connectivity index (χ0) is 20.7. The summed E-state index contributed by atoms with van der Waals surface area (Å²) >= 11 is 0. The second-order valence-electron chi connectivity index (χ2n) is 7.73. The third-order valence-electron chi connectivity index (χ3n) is 6.00. The van der Waals surface area contributed by atoms with Crippen LogP contribution in [-0.4, -0.2) is 46.1 Å². The predicted molar refractivity (Wildman–Crippen MR) is 113 cm³/mol. The topological polar surface area (TPSA) is 91.6 Å². The van der Waals surface area contributed by atoms with Crippen LogP contribution in [0.2, 0.25) is 0 Å². The first kappa shape index (κ1) is 18.7. The van der Waals surface area contributed by atoms with Crippen molar-refractivity contribution < 1.29 is 19.1 Å². The summed E-state index contributed by atoms with van der Waals surface area (Å²) in [5.41, 5.74) is 3.33. The van der Waals surface area contributed by atoms with Gasteiger partial charge in [-0.05, 0) is 43.2 Å². The fourth-order valence-corrected chi connectivity index (χ4v) is 4.43. The Morgan fingerprint density at radius 3 is 2.80 bits per heavy atom. The molecule has 0 bridgehead atoms. The maximum Gasteiger partial charge on any atom is 0.325 e. The Kier molecular flexibility index (Phi) is 4.67. The normalized spacial score (nSPS) is 16.8. The predicted octanol–water partition coefficient (Wildman–Crippen LogP) is 4.32. The number of nitrogens with zero attached hydrogens (tertiary/aromatic N) is 2. The second kappa shape index (κ2) is 7.50. The summed E-state index contributed by atoms with van der Waals surface area (Å²) in [5.74, 6) is 0.812. The SMILES string of the molecule is COc1ccc2[nH]cc([C@@H](C(=O)O)N3CCC(c4nc5ccccc5o4)CC3)c2c1. The standard InChI is InChI=1S/C23H23N3O4/c1-29-15-6-7-18-16(12-15)17(13-24-18)21(23(27)28)26-10-8-14(9-11-26)22-25-19-4-2-3-5-20(19)30-22/h2-7,12-14,21,24H,8-11H2,1H3,(H,27,28)/t21-/m0/s1. The van der Waals surface area contributed by atoms with Crippen LogP contribution in [0.5, 0.6) is 5.75 Å². The third kappa shape index (κ3) is 3.21. The van der Waals surface area contributed by atoms with Gasteiger partial charge >= 0.3 is 5.97 Å². The van der Waals surface area contributed by atoms with Crippen molar-refractivity contribution in [3.8, 4) is 5.75 Å². The van der Waals surface area contributed by atoms with Crippen molar-refractivity contribution in [3.05, 3.63) is 60.1 Å². The van der Waals surface area contributed by atoms with Crippen molar-refractivity contribution in [1.29, 1.82) is 0 Å². The molecule has 1 aliphatic heterocycles. The van der Waals surface area contributed by atoms with Gasteiger partial charge in [0.05, 0.1) is 7.11 Å². The molecule has 1 atom stereocenters. The van der Waals surface area contributed by atoms with Crippen LogP contribution in [-0.2, 0) is 4.79 Å². The van der Waals surface area contributed by atoms with Crippen molar-refractivity contribution in [2.45, 2.75) is 24.8 Å². The quantitative estimate of drug-likeness (QED) is 0.514. The summed E-state index contributed by atoms with van der Waals surface area (Å²) in [4.78, 5) is 22.1. The number of rotatable bonds is 5. The lowest BCUT2D eigenvalue weighted by atomic mass is 9.94. The number of piperidine rings is 1. The molecule has 0 amide bonds. The number of oxazole rings is 1. The number of likely N-dealkylation sites (tertiary alicyclic amines) is 1. The molecule has 2 aromatic carbocycles. The van der Waals surface area contributed by atoms with Crippen LogP contribution in [0.1, 0.15) is 36.3 Å². The Balaban J connectivity index is 1.38. The van der Waals surface area contributed by atoms with E-state index in [-0.39, 0.29) is 5.92 Å². The minimum Gasteiger partial charge on any atom is -0.497 e. The first-order valence-corrected chi connectivity index (χ1v) is 10.1. The lowest BCUT2D eigenvalue weighted by molar-refractivity contribution is -0.144. The first-order chi connectivity index (χ1) is 14.6. The molecule has 0 unspecified atom stereocenters. The van der Waals surface area contributed by atoms with Crippen molar-refractivity contribution in [1.82, 2.24) is 14.9 Å². The molecule has 1 aliphatic rings. The average molecular weight is 405 g/mol. The van der Waals surface area contributed by atoms with Gasteiger partial charge in [0, 0.05) is 41.7 Å². The van der Waals surface area contributed by atoms with Crippen LogP contribution in [0.4, 0.5) is 0 Å². The van der Waals surface area contributed by atoms with E-state index in [0.717, 1.165) is 46.3 Å². The number of hydrogen-bond donors (Lipinski definition) is 2. The van der Waals surface area contributed by atoms with E-state index in [4.69, 9.17) is 9.15 Å². The molecule has 2 N–H and O–H groups in total. The number of ether oxygens (including phenoxy) is 1. The van der Waals surface area contributed by atoms with Crippen LogP contribution in [0, 0.1) is 0 Å². The summed E-state index contributed by atoms with van der Waals surface area (Å²) < 4.78 is 11.3. The van der Waals surface area contributed by atoms with E-state index in [2.05, 4.69) is 9.97 Å². The van der Waals surface area contributed by atoms with Gasteiger partial charge in [-0.2, -0.15) is 0 Å². The molecule has 5 rings (SSSR count). The van der Waals surface area contributed by atoms with E-state index in [1.807, 2.05) is 47.4 Å². The van der Waals surface area contributed by atoms with Gasteiger partial charge in [0.1, 0.15) is 17.3 Å². The highest BCUT2D eigenvalue weighted by molar-refractivity contribution is 5.90. The van der Waals surface area contributed by atoms with Crippen molar-refractivity contribution in [2.75, 3.05) is 20.2 Å². The molecule has 1 fully saturated rings. The van der Waals surface area contributed by atoms with Gasteiger partial charge in [-0.1, -0.05) is 12.1 Å². The Labute approximate surface area is 173 Å². The van der Waals surface area contributed by atoms with Gasteiger partial charge in [0.25, 0.3) is 0 Å². The summed E-state index contributed by atoms with van der Waals surface area (Å²) in [6.07, 6.45) is 3.42. The molecule has 3 heterocycles. The van der Waals surface area contributed by atoms with E-state index < -0.39 is 12.0 Å². The molecule has 30 heavy (non-hydrogen) atoms. The molecule has 0 saturated carbocycles. The van der Waals surface area contributed by atoms with Crippen LogP contribution >= 0.6 is 0 Å². The number of fused-ring (bicyclic) bond motifs is 2. The van der Waals surface area contributed by atoms with Gasteiger partial charge in [-0.15, -0.1) is 0 Å². The number of carbonyl (C=O) groups is 1. The molecule has 0 aliphatic carbocycles. The van der Waals surface area contributed by atoms with Gasteiger partial charge in [-0.3, -0.25) is 9.69 Å². The van der Waals surface area contributed by atoms with E-state index >= 15 is 0 Å². The number of carboxylic acid groups (broad SMARTS) is 1. The van der Waals surface area contributed by atoms with Crippen LogP contribution in [0.15, 0.2) is 53.1 Å². The molecule has 154 valence electrons. The molecule has 4 aromatic rings. The number of benzene rings is 2. The summed E-state index contributed by atoms with van der Waals surface area (Å²) in [6, 6.07) is 12.7. The number of H-pyrrole nitrogens is 1. The Bertz CT molecular complexity index is 1170. The Morgan fingerprint density at radius 2 is 2.07 bits per heavy atom. The Hall–Kier alpha value is -3.32. The molecular formula is C23H23N3O4. The number of nitrogens with one attached hydrogen (secondary N) is 1. The molecule has 7 heteroatoms. The zero-order valence-electron chi connectivity index (χ0n) is 16.7. The van der Waals surface area contributed by atoms with E-state index in [9.17, 15) is 9.90 Å². The van der Waals surface area contributed by atoms with E-state index in [1.165, 1.54) is 0 Å². The number of methoxy groups -OCH3 is 1. The lowest BCUT2D eigenvalue weighted by Crippen LogP contribution is -2.39. The number of aromatic nitrogens is 2. The zero-order valence-corrected chi connectivity index (χ0v) is 16.7. The molecular weight excluding hydrogens is 382 g/mol. The van der Waals surface area contributed by atoms with E-state index in [1.54, 1.807) is 13.3 Å². The maximum absolute atomic E-state index is 12.2. The van der Waals surface area contributed by atoms with E-state index in [0.29, 0.717) is 18.8 Å². The molecule has 2 aromatic heterocycles. The highest BCUT2D eigenvalue weighted by Crippen LogP contribution is 2.36. The van der Waals surface area contributed by atoms with Crippen molar-refractivity contribution >= 4 is 28.0 Å². The van der Waals surface area contributed by atoms with Gasteiger partial charge in [0.15, 0.2) is 11.5 Å². The van der Waals surface area contributed by atoms with Gasteiger partial charge < -0.3 is 19.2 Å². The van der Waals surface area contributed by atoms with Gasteiger partial charge in [0.2, 0.25) is 0 Å². The summed E-state index contributed by atoms with van der Waals surface area (Å²) in [7, 11) is 1.61. The first-order valence-electron chi connectivity index (χ1n) is 10.1. The fourth-order valence-electron chi connectivity index (χ4n) is 4.43. The largest absolute Gasteiger partial charge is 0.497 e. The van der Waals surface area contributed by atoms with Crippen molar-refractivity contribution in [3.63, 3.8) is 0 Å². The number of aliphatic carboxylic acids is 1. The smallest absolute Gasteiger partial charge is 0.325 e. The van der Waals surface area contributed by atoms with Crippen LogP contribution in [0.25, 0.3) is 22.0 Å². The third-order valence-corrected chi connectivity index (χ3v) is 6.00. The fraction of sp³-hybridized carbons (Fsp3) is 0.304. The highest BCUT2D eigenvalue weighted by atomic mass is 16.5. The van der Waals surface area contributed by atoms with Gasteiger partial charge in [-0.25, -0.2) is 4.98 Å². The molecule has 0 spiro atoms. The minimum absolute atomic E-state index is 0.200. The molecule has 1 saturated heterocycles. The highest BCUT2D eigenvalue weighted by Gasteiger charge is 2.34. The lowest BCUT2D eigenvalue weighted by Gasteiger charge is -2.34. The number of hydrogen-bond acceptors (Lipinski definition) is 5. The van der Waals surface area contributed by atoms with Crippen LogP contribution in [0.3, 0.4) is 0 Å². The summed E-state index contributed by atoms with van der Waals surface area (Å²) in [6.45, 7) is 1.33. The summed E-state index contributed by atoms with van der Waals surface area (Å²) in [5, 5.41) is 10.9. The Morgan fingerprint density at radius 1 is 1.27 bits per heavy atom. The van der Waals surface area contributed by atoms with Crippen molar-refractivity contribution in [2.24, 2.45) is 0 Å². The number of para-hydroxylation sites is 2. The molecule has 7 nitrogen and oxygen atoms in total.